The summed E-state index contributed by atoms with van der Waals surface area (Å²) >= 11 is 0. The van der Waals surface area contributed by atoms with E-state index in [1.54, 1.807) is 33.2 Å². The number of carbonyl (C=O) groups excluding carboxylic acids is 4. The number of likely N-dealkylation sites (tertiary alicyclic amines) is 1. The molecule has 0 saturated carbocycles. The van der Waals surface area contributed by atoms with Gasteiger partial charge in [0.05, 0.1) is 43.2 Å². The van der Waals surface area contributed by atoms with Gasteiger partial charge in [0.25, 0.3) is 0 Å². The Hall–Kier alpha value is -3.02. The van der Waals surface area contributed by atoms with E-state index in [-0.39, 0.29) is 54.5 Å². The summed E-state index contributed by atoms with van der Waals surface area (Å²) in [5.41, 5.74) is 1.15. The fraction of sp³-hybridized carbons (Fsp3) is 0.722. The predicted molar refractivity (Wildman–Crippen MR) is 185 cm³/mol. The monoisotopic (exact) mass is 659 g/mol. The minimum Gasteiger partial charge on any atom is -0.379 e. The van der Waals surface area contributed by atoms with Crippen molar-refractivity contribution in [3.05, 3.63) is 35.9 Å². The van der Waals surface area contributed by atoms with Crippen molar-refractivity contribution < 1.29 is 28.7 Å². The van der Waals surface area contributed by atoms with E-state index in [0.29, 0.717) is 19.5 Å². The third-order valence-corrected chi connectivity index (χ3v) is 9.95. The maximum Gasteiger partial charge on any atom is 0.245 e. The number of likely N-dealkylation sites (N-methyl/N-ethyl adjacent to an activating group) is 2. The van der Waals surface area contributed by atoms with Crippen molar-refractivity contribution in [3.8, 4) is 0 Å². The standard InChI is InChI=1S/C36H61N5O6/c1-10-24(3)32(39-30(42)23-37-6)36(45)40(7)33(25(4)11-2)29(46-8)22-31(43)41-21-15-18-28(41)34(47-9)26(5)35(44)38-20-19-27-16-13-12-14-17-27/h12-14,16-17,24-26,28-29,32-34,37H,10-11,15,18-23H2,1-9H3,(H,38,44)(H,39,42)/t24-,25?,26?,28?,29?,32-,33-,34?/m0/s1. The van der Waals surface area contributed by atoms with E-state index >= 15 is 0 Å². The minimum atomic E-state index is -0.698. The molecule has 1 aromatic rings. The molecule has 11 nitrogen and oxygen atoms in total. The van der Waals surface area contributed by atoms with Gasteiger partial charge in [-0.2, -0.15) is 0 Å². The second kappa shape index (κ2) is 20.4. The maximum absolute atomic E-state index is 14.0. The highest BCUT2D eigenvalue weighted by atomic mass is 16.5. The number of carbonyl (C=O) groups is 4. The molecule has 1 aliphatic heterocycles. The van der Waals surface area contributed by atoms with Gasteiger partial charge in [-0.25, -0.2) is 0 Å². The van der Waals surface area contributed by atoms with E-state index in [9.17, 15) is 19.2 Å². The first-order chi connectivity index (χ1) is 22.4. The summed E-state index contributed by atoms with van der Waals surface area (Å²) < 4.78 is 11.9. The third-order valence-electron chi connectivity index (χ3n) is 9.95. The number of hydrogen-bond donors (Lipinski definition) is 3. The molecule has 2 rings (SSSR count). The van der Waals surface area contributed by atoms with Gasteiger partial charge in [0.2, 0.25) is 23.6 Å². The molecule has 0 bridgehead atoms. The summed E-state index contributed by atoms with van der Waals surface area (Å²) in [4.78, 5) is 57.2. The number of nitrogens with zero attached hydrogens (tertiary/aromatic N) is 2. The lowest BCUT2D eigenvalue weighted by Gasteiger charge is -2.41. The van der Waals surface area contributed by atoms with E-state index in [1.807, 2.05) is 56.0 Å². The van der Waals surface area contributed by atoms with E-state index < -0.39 is 30.2 Å². The number of amides is 4. The molecule has 0 aliphatic carbocycles. The number of ether oxygens (including phenoxy) is 2. The van der Waals surface area contributed by atoms with Gasteiger partial charge in [-0.3, -0.25) is 19.2 Å². The van der Waals surface area contributed by atoms with Crippen LogP contribution in [0.1, 0.15) is 72.3 Å². The molecule has 0 aromatic heterocycles. The summed E-state index contributed by atoms with van der Waals surface area (Å²) in [6.45, 7) is 11.1. The first kappa shape index (κ1) is 40.2. The van der Waals surface area contributed by atoms with Crippen molar-refractivity contribution in [1.29, 1.82) is 0 Å². The topological polar surface area (TPSA) is 129 Å². The van der Waals surface area contributed by atoms with E-state index in [2.05, 4.69) is 29.8 Å². The van der Waals surface area contributed by atoms with Crippen LogP contribution in [0.5, 0.6) is 0 Å². The van der Waals surface area contributed by atoms with Gasteiger partial charge in [0.1, 0.15) is 6.04 Å². The molecule has 0 radical (unpaired) electrons. The summed E-state index contributed by atoms with van der Waals surface area (Å²) in [6, 6.07) is 8.66. The van der Waals surface area contributed by atoms with Crippen LogP contribution in [-0.4, -0.2) is 112 Å². The second-order valence-electron chi connectivity index (χ2n) is 13.1. The Kier molecular flexibility index (Phi) is 17.4. The van der Waals surface area contributed by atoms with Gasteiger partial charge in [0, 0.05) is 34.4 Å². The molecule has 1 aromatic carbocycles. The lowest BCUT2D eigenvalue weighted by Crippen LogP contribution is -2.58. The smallest absolute Gasteiger partial charge is 0.245 e. The highest BCUT2D eigenvalue weighted by Gasteiger charge is 2.42. The van der Waals surface area contributed by atoms with E-state index in [1.165, 1.54) is 0 Å². The zero-order chi connectivity index (χ0) is 35.1. The number of nitrogens with one attached hydrogen (secondary N) is 3. The zero-order valence-corrected chi connectivity index (χ0v) is 30.2. The third kappa shape index (κ3) is 11.3. The Labute approximate surface area is 282 Å². The zero-order valence-electron chi connectivity index (χ0n) is 30.2. The second-order valence-corrected chi connectivity index (χ2v) is 13.1. The molecule has 5 unspecified atom stereocenters. The predicted octanol–water partition coefficient (Wildman–Crippen LogP) is 3.02. The SMILES string of the molecule is CCC(C)[C@@H](C(CC(=O)N1CCCC1C(OC)C(C)C(=O)NCCc1ccccc1)OC)N(C)C(=O)[C@@H](NC(=O)CNC)[C@@H](C)CC. The molecular weight excluding hydrogens is 598 g/mol. The summed E-state index contributed by atoms with van der Waals surface area (Å²) in [7, 11) is 6.61. The van der Waals surface area contributed by atoms with Crippen molar-refractivity contribution in [3.63, 3.8) is 0 Å². The molecule has 1 heterocycles. The lowest BCUT2D eigenvalue weighted by atomic mass is 9.89. The van der Waals surface area contributed by atoms with Gasteiger partial charge < -0.3 is 35.2 Å². The summed E-state index contributed by atoms with van der Waals surface area (Å²) in [5.74, 6) is -1.16. The lowest BCUT2D eigenvalue weighted by molar-refractivity contribution is -0.147. The molecule has 1 aliphatic rings. The number of hydrogen-bond acceptors (Lipinski definition) is 7. The molecule has 0 spiro atoms. The molecule has 1 saturated heterocycles. The van der Waals surface area contributed by atoms with Crippen LogP contribution in [0.2, 0.25) is 0 Å². The number of benzene rings is 1. The fourth-order valence-electron chi connectivity index (χ4n) is 6.73. The Morgan fingerprint density at radius 1 is 1.00 bits per heavy atom. The van der Waals surface area contributed by atoms with Gasteiger partial charge in [0.15, 0.2) is 0 Å². The van der Waals surface area contributed by atoms with Crippen molar-refractivity contribution in [1.82, 2.24) is 25.8 Å². The van der Waals surface area contributed by atoms with Crippen LogP contribution in [0.3, 0.4) is 0 Å². The van der Waals surface area contributed by atoms with Crippen LogP contribution in [0, 0.1) is 17.8 Å². The largest absolute Gasteiger partial charge is 0.379 e. The van der Waals surface area contributed by atoms with Gasteiger partial charge in [-0.1, -0.05) is 77.8 Å². The average molecular weight is 660 g/mol. The Bertz CT molecular complexity index is 1120. The number of methoxy groups -OCH3 is 2. The van der Waals surface area contributed by atoms with Gasteiger partial charge >= 0.3 is 0 Å². The van der Waals surface area contributed by atoms with Crippen LogP contribution in [0.25, 0.3) is 0 Å². The van der Waals surface area contributed by atoms with Crippen LogP contribution in [-0.2, 0) is 35.1 Å². The van der Waals surface area contributed by atoms with Crippen LogP contribution >= 0.6 is 0 Å². The molecule has 3 N–H and O–H groups in total. The van der Waals surface area contributed by atoms with Crippen LogP contribution < -0.4 is 16.0 Å². The van der Waals surface area contributed by atoms with Crippen LogP contribution in [0.15, 0.2) is 30.3 Å². The molecule has 266 valence electrons. The van der Waals surface area contributed by atoms with Crippen molar-refractivity contribution in [2.24, 2.45) is 17.8 Å². The summed E-state index contributed by atoms with van der Waals surface area (Å²) in [6.07, 6.45) is 2.80. The van der Waals surface area contributed by atoms with Gasteiger partial charge in [-0.15, -0.1) is 0 Å². The minimum absolute atomic E-state index is 0.0213. The van der Waals surface area contributed by atoms with Crippen LogP contribution in [0.4, 0.5) is 0 Å². The molecule has 1 fully saturated rings. The van der Waals surface area contributed by atoms with E-state index in [0.717, 1.165) is 31.2 Å². The van der Waals surface area contributed by atoms with Crippen molar-refractivity contribution in [2.45, 2.75) is 103 Å². The molecular formula is C36H61N5O6. The number of rotatable bonds is 20. The quantitative estimate of drug-likeness (QED) is 0.196. The normalized spacial score (nSPS) is 19.2. The highest BCUT2D eigenvalue weighted by molar-refractivity contribution is 5.89. The molecule has 4 amide bonds. The Balaban J connectivity index is 2.19. The first-order valence-corrected chi connectivity index (χ1v) is 17.3. The molecule has 8 atom stereocenters. The molecule has 47 heavy (non-hydrogen) atoms. The Morgan fingerprint density at radius 3 is 2.23 bits per heavy atom. The maximum atomic E-state index is 14.0. The van der Waals surface area contributed by atoms with E-state index in [4.69, 9.17) is 9.47 Å². The summed E-state index contributed by atoms with van der Waals surface area (Å²) in [5, 5.41) is 8.79. The van der Waals surface area contributed by atoms with Gasteiger partial charge in [-0.05, 0) is 43.7 Å². The fourth-order valence-corrected chi connectivity index (χ4v) is 6.73. The van der Waals surface area contributed by atoms with Crippen molar-refractivity contribution in [2.75, 3.05) is 47.9 Å². The first-order valence-electron chi connectivity index (χ1n) is 17.3. The van der Waals surface area contributed by atoms with Crippen molar-refractivity contribution >= 4 is 23.6 Å². The Morgan fingerprint density at radius 2 is 1.66 bits per heavy atom. The molecule has 11 heteroatoms. The average Bonchev–Trinajstić information content (AvgIpc) is 3.56. The highest BCUT2D eigenvalue weighted by Crippen LogP contribution is 2.29.